The van der Waals surface area contributed by atoms with Gasteiger partial charge in [0.1, 0.15) is 5.03 Å². The molecule has 2 aromatic rings. The van der Waals surface area contributed by atoms with Gasteiger partial charge in [0.25, 0.3) is 0 Å². The first-order valence-electron chi connectivity index (χ1n) is 3.53. The summed E-state index contributed by atoms with van der Waals surface area (Å²) in [6, 6.07) is 3.83. The minimum Gasteiger partial charge on any atom is -0.248 e. The van der Waals surface area contributed by atoms with Crippen LogP contribution in [0.4, 0.5) is 0 Å². The van der Waals surface area contributed by atoms with Crippen molar-refractivity contribution in [1.29, 1.82) is 0 Å². The average molecular weight is 353 g/mol. The van der Waals surface area contributed by atoms with Crippen molar-refractivity contribution < 1.29 is 0 Å². The maximum Gasteiger partial charge on any atom is 0.184 e. The Morgan fingerprint density at radius 3 is 2.79 bits per heavy atom. The standard InChI is InChI=1S/C7H3Br2N3S2/c8-4-2-1-3-10-5(4)13-7-12-11-6(9)14-7/h1-3H. The van der Waals surface area contributed by atoms with Gasteiger partial charge in [-0.15, -0.1) is 10.2 Å². The first-order chi connectivity index (χ1) is 6.75. The van der Waals surface area contributed by atoms with Gasteiger partial charge in [-0.2, -0.15) is 0 Å². The highest BCUT2D eigenvalue weighted by Gasteiger charge is 2.07. The Morgan fingerprint density at radius 1 is 1.29 bits per heavy atom. The van der Waals surface area contributed by atoms with E-state index in [0.717, 1.165) is 17.8 Å². The van der Waals surface area contributed by atoms with Crippen molar-refractivity contribution in [3.63, 3.8) is 0 Å². The molecule has 0 fully saturated rings. The third-order valence-electron chi connectivity index (χ3n) is 1.29. The SMILES string of the molecule is Brc1nnc(Sc2ncccc2Br)s1. The molecule has 7 heteroatoms. The molecule has 0 unspecified atom stereocenters. The van der Waals surface area contributed by atoms with E-state index < -0.39 is 0 Å². The van der Waals surface area contributed by atoms with Crippen molar-refractivity contribution in [3.05, 3.63) is 26.7 Å². The molecule has 0 aliphatic heterocycles. The molecule has 0 aliphatic rings. The number of hydrogen-bond acceptors (Lipinski definition) is 5. The van der Waals surface area contributed by atoms with Gasteiger partial charge < -0.3 is 0 Å². The Morgan fingerprint density at radius 2 is 2.14 bits per heavy atom. The second-order valence-electron chi connectivity index (χ2n) is 2.21. The maximum absolute atomic E-state index is 4.22. The molecule has 0 bridgehead atoms. The van der Waals surface area contributed by atoms with Gasteiger partial charge in [0.2, 0.25) is 0 Å². The summed E-state index contributed by atoms with van der Waals surface area (Å²) >= 11 is 9.67. The molecular weight excluding hydrogens is 350 g/mol. The van der Waals surface area contributed by atoms with Gasteiger partial charge in [0.05, 0.1) is 4.47 Å². The lowest BCUT2D eigenvalue weighted by Crippen LogP contribution is -1.79. The number of aromatic nitrogens is 3. The lowest BCUT2D eigenvalue weighted by molar-refractivity contribution is 0.992. The lowest BCUT2D eigenvalue weighted by Gasteiger charge is -1.97. The summed E-state index contributed by atoms with van der Waals surface area (Å²) in [7, 11) is 0. The second kappa shape index (κ2) is 4.69. The molecule has 0 N–H and O–H groups in total. The number of rotatable bonds is 2. The van der Waals surface area contributed by atoms with E-state index in [1.165, 1.54) is 23.1 Å². The van der Waals surface area contributed by atoms with Crippen LogP contribution in [0.2, 0.25) is 0 Å². The average Bonchev–Trinajstić information content (AvgIpc) is 2.56. The van der Waals surface area contributed by atoms with Crippen LogP contribution in [0.1, 0.15) is 0 Å². The topological polar surface area (TPSA) is 38.7 Å². The fraction of sp³-hybridized carbons (Fsp3) is 0. The Balaban J connectivity index is 2.23. The van der Waals surface area contributed by atoms with Crippen LogP contribution in [0.25, 0.3) is 0 Å². The molecule has 2 heterocycles. The van der Waals surface area contributed by atoms with E-state index in [4.69, 9.17) is 0 Å². The molecule has 72 valence electrons. The van der Waals surface area contributed by atoms with E-state index in [1.807, 2.05) is 12.1 Å². The van der Waals surface area contributed by atoms with Crippen LogP contribution in [-0.4, -0.2) is 15.2 Å². The van der Waals surface area contributed by atoms with Gasteiger partial charge in [-0.3, -0.25) is 0 Å². The molecule has 14 heavy (non-hydrogen) atoms. The summed E-state index contributed by atoms with van der Waals surface area (Å²) in [5.74, 6) is 0. The van der Waals surface area contributed by atoms with E-state index >= 15 is 0 Å². The summed E-state index contributed by atoms with van der Waals surface area (Å²) in [6.45, 7) is 0. The van der Waals surface area contributed by atoms with Crippen LogP contribution in [0, 0.1) is 0 Å². The quantitative estimate of drug-likeness (QED) is 0.827. The van der Waals surface area contributed by atoms with E-state index in [-0.39, 0.29) is 0 Å². The molecule has 3 nitrogen and oxygen atoms in total. The zero-order valence-corrected chi connectivity index (χ0v) is 11.5. The summed E-state index contributed by atoms with van der Waals surface area (Å²) in [4.78, 5) is 4.22. The van der Waals surface area contributed by atoms with E-state index in [0.29, 0.717) is 0 Å². The van der Waals surface area contributed by atoms with Crippen LogP contribution in [0.15, 0.2) is 36.1 Å². The third kappa shape index (κ3) is 2.53. The van der Waals surface area contributed by atoms with Crippen LogP contribution >= 0.6 is 55.0 Å². The molecular formula is C7H3Br2N3S2. The van der Waals surface area contributed by atoms with Crippen LogP contribution < -0.4 is 0 Å². The summed E-state index contributed by atoms with van der Waals surface area (Å²) in [6.07, 6.45) is 1.75. The Kier molecular flexibility index (Phi) is 3.53. The fourth-order valence-electron chi connectivity index (χ4n) is 0.763. The molecule has 0 radical (unpaired) electrons. The van der Waals surface area contributed by atoms with Gasteiger partial charge in [0, 0.05) is 6.20 Å². The summed E-state index contributed by atoms with van der Waals surface area (Å²) < 4.78 is 2.62. The minimum atomic E-state index is 0.784. The van der Waals surface area contributed by atoms with Crippen molar-refractivity contribution >= 4 is 55.0 Å². The Labute approximate surface area is 106 Å². The van der Waals surface area contributed by atoms with E-state index in [9.17, 15) is 0 Å². The van der Waals surface area contributed by atoms with Gasteiger partial charge >= 0.3 is 0 Å². The van der Waals surface area contributed by atoms with Gasteiger partial charge in [0.15, 0.2) is 8.26 Å². The predicted octanol–water partition coefficient (Wildman–Crippen LogP) is 3.61. The summed E-state index contributed by atoms with van der Waals surface area (Å²) in [5.41, 5.74) is 0. The maximum atomic E-state index is 4.22. The summed E-state index contributed by atoms with van der Waals surface area (Å²) in [5, 5.41) is 8.74. The lowest BCUT2D eigenvalue weighted by atomic mass is 10.5. The first kappa shape index (κ1) is 10.5. The van der Waals surface area contributed by atoms with Crippen molar-refractivity contribution in [2.24, 2.45) is 0 Å². The van der Waals surface area contributed by atoms with E-state index in [1.54, 1.807) is 6.20 Å². The zero-order chi connectivity index (χ0) is 9.97. The number of hydrogen-bond donors (Lipinski definition) is 0. The zero-order valence-electron chi connectivity index (χ0n) is 6.65. The van der Waals surface area contributed by atoms with Crippen molar-refractivity contribution in [2.75, 3.05) is 0 Å². The van der Waals surface area contributed by atoms with Crippen LogP contribution in [-0.2, 0) is 0 Å². The molecule has 2 rings (SSSR count). The van der Waals surface area contributed by atoms with Gasteiger partial charge in [-0.1, -0.05) is 11.3 Å². The molecule has 0 atom stereocenters. The monoisotopic (exact) mass is 351 g/mol. The van der Waals surface area contributed by atoms with Crippen molar-refractivity contribution in [1.82, 2.24) is 15.2 Å². The van der Waals surface area contributed by atoms with Gasteiger partial charge in [-0.05, 0) is 55.8 Å². The number of nitrogens with zero attached hydrogens (tertiary/aromatic N) is 3. The van der Waals surface area contributed by atoms with Crippen LogP contribution in [0.5, 0.6) is 0 Å². The molecule has 0 amide bonds. The smallest absolute Gasteiger partial charge is 0.184 e. The molecule has 0 aliphatic carbocycles. The second-order valence-corrected chi connectivity index (χ2v) is 6.56. The highest BCUT2D eigenvalue weighted by Crippen LogP contribution is 2.34. The largest absolute Gasteiger partial charge is 0.248 e. The highest BCUT2D eigenvalue weighted by atomic mass is 79.9. The fourth-order valence-corrected chi connectivity index (χ4v) is 3.60. The van der Waals surface area contributed by atoms with Gasteiger partial charge in [-0.25, -0.2) is 4.98 Å². The molecule has 2 aromatic heterocycles. The third-order valence-corrected chi connectivity index (χ3v) is 4.62. The van der Waals surface area contributed by atoms with Crippen molar-refractivity contribution in [3.8, 4) is 0 Å². The Hall–Kier alpha value is 0.0200. The minimum absolute atomic E-state index is 0.784. The normalized spacial score (nSPS) is 10.4. The predicted molar refractivity (Wildman–Crippen MR) is 63.7 cm³/mol. The Bertz CT molecular complexity index is 446. The molecule has 0 aromatic carbocycles. The van der Waals surface area contributed by atoms with Crippen LogP contribution in [0.3, 0.4) is 0 Å². The van der Waals surface area contributed by atoms with E-state index in [2.05, 4.69) is 47.0 Å². The van der Waals surface area contributed by atoms with Crippen molar-refractivity contribution in [2.45, 2.75) is 9.37 Å². The first-order valence-corrected chi connectivity index (χ1v) is 6.75. The molecule has 0 spiro atoms. The molecule has 0 saturated carbocycles. The number of pyridine rings is 1. The molecule has 0 saturated heterocycles. The number of halogens is 2. The highest BCUT2D eigenvalue weighted by molar-refractivity contribution is 9.11.